The zero-order chi connectivity index (χ0) is 16.7. The Labute approximate surface area is 135 Å². The van der Waals surface area contributed by atoms with Crippen LogP contribution in [-0.2, 0) is 10.0 Å². The maximum Gasteiger partial charge on any atom is 0.279 e. The van der Waals surface area contributed by atoms with Crippen molar-refractivity contribution in [2.24, 2.45) is 0 Å². The second-order valence-electron chi connectivity index (χ2n) is 4.50. The van der Waals surface area contributed by atoms with Crippen LogP contribution in [0.5, 0.6) is 0 Å². The summed E-state index contributed by atoms with van der Waals surface area (Å²) in [6.07, 6.45) is 0.782. The molecule has 1 amide bonds. The fourth-order valence-corrected chi connectivity index (χ4v) is 3.02. The van der Waals surface area contributed by atoms with E-state index in [0.29, 0.717) is 0 Å². The van der Waals surface area contributed by atoms with Crippen LogP contribution in [0, 0.1) is 12.7 Å². The molecule has 0 saturated carbocycles. The van der Waals surface area contributed by atoms with Gasteiger partial charge in [-0.1, -0.05) is 29.3 Å². The molecule has 0 bridgehead atoms. The molecule has 0 fully saturated rings. The number of carbonyl (C=O) groups excluding carboxylic acids is 1. The van der Waals surface area contributed by atoms with Gasteiger partial charge in [0.05, 0.1) is 17.0 Å². The molecule has 6 nitrogen and oxygen atoms in total. The molecule has 1 N–H and O–H groups in total. The highest BCUT2D eigenvalue weighted by Gasteiger charge is 2.26. The molecule has 118 valence electrons. The van der Waals surface area contributed by atoms with Gasteiger partial charge < -0.3 is 5.32 Å². The lowest BCUT2D eigenvalue weighted by Gasteiger charge is -2.06. The van der Waals surface area contributed by atoms with Gasteiger partial charge in [0.15, 0.2) is 16.7 Å². The van der Waals surface area contributed by atoms with Gasteiger partial charge in [-0.25, -0.2) is 12.8 Å². The molecule has 2 rings (SSSR count). The summed E-state index contributed by atoms with van der Waals surface area (Å²) in [5.41, 5.74) is 0.368. The number of anilines is 1. The summed E-state index contributed by atoms with van der Waals surface area (Å²) in [6, 6.07) is 4.83. The van der Waals surface area contributed by atoms with Gasteiger partial charge in [0.1, 0.15) is 0 Å². The van der Waals surface area contributed by atoms with Gasteiger partial charge in [-0.05, 0) is 24.6 Å². The fourth-order valence-electron chi connectivity index (χ4n) is 1.63. The number of amides is 1. The SMILES string of the molecule is Cc1ccc(NC(=O)c2nn(S(C)(=O)=O)c(Cl)c2F)c(Cl)c1. The van der Waals surface area contributed by atoms with E-state index in [9.17, 15) is 17.6 Å². The van der Waals surface area contributed by atoms with E-state index in [1.165, 1.54) is 6.07 Å². The van der Waals surface area contributed by atoms with Crippen LogP contribution in [0.25, 0.3) is 0 Å². The first-order chi connectivity index (χ1) is 10.1. The molecule has 0 aliphatic carbocycles. The number of hydrogen-bond donors (Lipinski definition) is 1. The average Bonchev–Trinajstić information content (AvgIpc) is 2.69. The molecule has 1 heterocycles. The van der Waals surface area contributed by atoms with Crippen LogP contribution in [0.3, 0.4) is 0 Å². The van der Waals surface area contributed by atoms with Crippen LogP contribution >= 0.6 is 23.2 Å². The van der Waals surface area contributed by atoms with Crippen molar-refractivity contribution in [2.75, 3.05) is 11.6 Å². The first-order valence-corrected chi connectivity index (χ1v) is 8.43. The summed E-state index contributed by atoms with van der Waals surface area (Å²) < 4.78 is 36.9. The first-order valence-electron chi connectivity index (χ1n) is 5.83. The van der Waals surface area contributed by atoms with Gasteiger partial charge in [-0.2, -0.15) is 0 Å². The molecule has 0 aliphatic heterocycles. The highest BCUT2D eigenvalue weighted by molar-refractivity contribution is 7.89. The van der Waals surface area contributed by atoms with Crippen LogP contribution < -0.4 is 5.32 Å². The van der Waals surface area contributed by atoms with Crippen LogP contribution in [0.15, 0.2) is 18.2 Å². The summed E-state index contributed by atoms with van der Waals surface area (Å²) in [5, 5.41) is 5.20. The van der Waals surface area contributed by atoms with Crippen LogP contribution in [0.4, 0.5) is 10.1 Å². The molecule has 0 radical (unpaired) electrons. The smallest absolute Gasteiger partial charge is 0.279 e. The molecule has 2 aromatic rings. The molecule has 0 spiro atoms. The number of halogens is 3. The van der Waals surface area contributed by atoms with E-state index in [-0.39, 0.29) is 14.8 Å². The third kappa shape index (κ3) is 3.23. The summed E-state index contributed by atoms with van der Waals surface area (Å²) in [5.74, 6) is -2.19. The second-order valence-corrected chi connectivity index (χ2v) is 7.07. The molecule has 1 aromatic carbocycles. The van der Waals surface area contributed by atoms with E-state index >= 15 is 0 Å². The maximum absolute atomic E-state index is 13.9. The van der Waals surface area contributed by atoms with E-state index in [1.54, 1.807) is 12.1 Å². The monoisotopic (exact) mass is 365 g/mol. The van der Waals surface area contributed by atoms with Gasteiger partial charge in [0.25, 0.3) is 15.9 Å². The largest absolute Gasteiger partial charge is 0.319 e. The maximum atomic E-state index is 13.9. The summed E-state index contributed by atoms with van der Waals surface area (Å²) in [7, 11) is -3.93. The van der Waals surface area contributed by atoms with Crippen molar-refractivity contribution in [3.8, 4) is 0 Å². The van der Waals surface area contributed by atoms with E-state index in [1.807, 2.05) is 6.92 Å². The number of hydrogen-bond acceptors (Lipinski definition) is 4. The summed E-state index contributed by atoms with van der Waals surface area (Å²) in [6.45, 7) is 1.81. The van der Waals surface area contributed by atoms with Gasteiger partial charge in [0.2, 0.25) is 0 Å². The zero-order valence-electron chi connectivity index (χ0n) is 11.4. The third-order valence-corrected chi connectivity index (χ3v) is 4.28. The molecule has 0 atom stereocenters. The number of nitrogens with zero attached hydrogens (tertiary/aromatic N) is 2. The zero-order valence-corrected chi connectivity index (χ0v) is 13.7. The fraction of sp³-hybridized carbons (Fsp3) is 0.167. The van der Waals surface area contributed by atoms with Crippen molar-refractivity contribution in [3.63, 3.8) is 0 Å². The third-order valence-electron chi connectivity index (χ3n) is 2.65. The minimum atomic E-state index is -3.93. The molecule has 0 aliphatic rings. The number of carbonyl (C=O) groups is 1. The van der Waals surface area contributed by atoms with E-state index in [0.717, 1.165) is 11.8 Å². The molecule has 0 saturated heterocycles. The lowest BCUT2D eigenvalue weighted by molar-refractivity contribution is 0.101. The normalized spacial score (nSPS) is 11.5. The van der Waals surface area contributed by atoms with Crippen LogP contribution in [0.1, 0.15) is 16.1 Å². The quantitative estimate of drug-likeness (QED) is 0.906. The highest BCUT2D eigenvalue weighted by Crippen LogP contribution is 2.25. The van der Waals surface area contributed by atoms with Gasteiger partial charge in [-0.3, -0.25) is 4.79 Å². The number of aromatic nitrogens is 2. The van der Waals surface area contributed by atoms with Crippen molar-refractivity contribution in [2.45, 2.75) is 6.92 Å². The Morgan fingerprint density at radius 1 is 1.36 bits per heavy atom. The second kappa shape index (κ2) is 5.86. The highest BCUT2D eigenvalue weighted by atomic mass is 35.5. The minimum absolute atomic E-state index is 0.238. The standard InChI is InChI=1S/C12H10Cl2FN3O3S/c1-6-3-4-8(7(13)5-6)16-12(19)10-9(15)11(14)18(17-10)22(2,20)21/h3-5H,1-2H3,(H,16,19). The molecule has 22 heavy (non-hydrogen) atoms. The number of aryl methyl sites for hydroxylation is 1. The molecule has 1 aromatic heterocycles. The van der Waals surface area contributed by atoms with Gasteiger partial charge in [0, 0.05) is 0 Å². The molecular formula is C12H10Cl2FN3O3S. The van der Waals surface area contributed by atoms with Crippen LogP contribution in [-0.4, -0.2) is 29.8 Å². The topological polar surface area (TPSA) is 81.1 Å². The number of nitrogens with one attached hydrogen (secondary N) is 1. The molecular weight excluding hydrogens is 356 g/mol. The Hall–Kier alpha value is -1.64. The van der Waals surface area contributed by atoms with Gasteiger partial charge >= 0.3 is 0 Å². The minimum Gasteiger partial charge on any atom is -0.319 e. The summed E-state index contributed by atoms with van der Waals surface area (Å²) in [4.78, 5) is 12.0. The Morgan fingerprint density at radius 2 is 2.00 bits per heavy atom. The Morgan fingerprint density at radius 3 is 2.50 bits per heavy atom. The predicted octanol–water partition coefficient (Wildman–Crippen LogP) is 2.70. The van der Waals surface area contributed by atoms with Crippen molar-refractivity contribution < 1.29 is 17.6 Å². The first kappa shape index (κ1) is 16.7. The lowest BCUT2D eigenvalue weighted by Crippen LogP contribution is -2.16. The lowest BCUT2D eigenvalue weighted by atomic mass is 10.2. The Balaban J connectivity index is 2.38. The Bertz CT molecular complexity index is 865. The van der Waals surface area contributed by atoms with Crippen molar-refractivity contribution in [1.29, 1.82) is 0 Å². The average molecular weight is 366 g/mol. The van der Waals surface area contributed by atoms with Gasteiger partial charge in [-0.15, -0.1) is 9.19 Å². The van der Waals surface area contributed by atoms with E-state index < -0.39 is 32.6 Å². The van der Waals surface area contributed by atoms with Crippen molar-refractivity contribution in [1.82, 2.24) is 9.19 Å². The predicted molar refractivity (Wildman–Crippen MR) is 81.6 cm³/mol. The Kier molecular flexibility index (Phi) is 4.46. The number of rotatable bonds is 3. The van der Waals surface area contributed by atoms with Crippen molar-refractivity contribution in [3.05, 3.63) is 45.4 Å². The van der Waals surface area contributed by atoms with E-state index in [2.05, 4.69) is 10.4 Å². The molecule has 0 unspecified atom stereocenters. The van der Waals surface area contributed by atoms with E-state index in [4.69, 9.17) is 23.2 Å². The summed E-state index contributed by atoms with van der Waals surface area (Å²) >= 11 is 11.5. The van der Waals surface area contributed by atoms with Crippen LogP contribution in [0.2, 0.25) is 10.2 Å². The molecule has 10 heteroatoms. The van der Waals surface area contributed by atoms with Crippen molar-refractivity contribution >= 4 is 44.8 Å². The number of benzene rings is 1.